The summed E-state index contributed by atoms with van der Waals surface area (Å²) in [6.45, 7) is 11.5. The number of hydrogen-bond donors (Lipinski definition) is 2. The quantitative estimate of drug-likeness (QED) is 0.774. The molecule has 1 amide bonds. The van der Waals surface area contributed by atoms with Crippen LogP contribution < -0.4 is 15.4 Å². The summed E-state index contributed by atoms with van der Waals surface area (Å²) in [5.41, 5.74) is 2.27. The second-order valence-electron chi connectivity index (χ2n) is 5.70. The van der Waals surface area contributed by atoms with E-state index >= 15 is 0 Å². The Kier molecular flexibility index (Phi) is 7.23. The van der Waals surface area contributed by atoms with E-state index in [1.54, 1.807) is 6.92 Å². The van der Waals surface area contributed by atoms with Crippen LogP contribution >= 0.6 is 0 Å². The van der Waals surface area contributed by atoms with Gasteiger partial charge in [0.15, 0.2) is 6.10 Å². The Bertz CT molecular complexity index is 458. The van der Waals surface area contributed by atoms with Crippen LogP contribution in [0.1, 0.15) is 45.2 Å². The van der Waals surface area contributed by atoms with Crippen LogP contribution in [0.4, 0.5) is 0 Å². The lowest BCUT2D eigenvalue weighted by atomic mass is 10.1. The van der Waals surface area contributed by atoms with E-state index in [0.29, 0.717) is 12.6 Å². The van der Waals surface area contributed by atoms with Gasteiger partial charge in [0.2, 0.25) is 0 Å². The first kappa shape index (κ1) is 17.5. The van der Waals surface area contributed by atoms with Crippen LogP contribution in [-0.2, 0) is 11.3 Å². The number of amides is 1. The summed E-state index contributed by atoms with van der Waals surface area (Å²) in [6.07, 6.45) is 0.434. The van der Waals surface area contributed by atoms with Crippen LogP contribution in [0.2, 0.25) is 0 Å². The van der Waals surface area contributed by atoms with Gasteiger partial charge in [0, 0.05) is 24.7 Å². The normalized spacial score (nSPS) is 12.3. The van der Waals surface area contributed by atoms with E-state index < -0.39 is 6.10 Å². The number of hydrogen-bond acceptors (Lipinski definition) is 3. The summed E-state index contributed by atoms with van der Waals surface area (Å²) in [4.78, 5) is 11.9. The molecule has 1 aromatic rings. The second-order valence-corrected chi connectivity index (χ2v) is 5.70. The van der Waals surface area contributed by atoms with Crippen molar-refractivity contribution in [2.75, 3.05) is 6.54 Å². The SMILES string of the molecule is CCCNC(=O)C(C)Oc1ccc(C)cc1CNC(C)C. The summed E-state index contributed by atoms with van der Waals surface area (Å²) in [5.74, 6) is 0.702. The molecule has 0 saturated heterocycles. The monoisotopic (exact) mass is 292 g/mol. The number of nitrogens with one attached hydrogen (secondary N) is 2. The molecule has 1 aromatic carbocycles. The van der Waals surface area contributed by atoms with Crippen molar-refractivity contribution in [3.63, 3.8) is 0 Å². The van der Waals surface area contributed by atoms with E-state index in [4.69, 9.17) is 4.74 Å². The van der Waals surface area contributed by atoms with Crippen molar-refractivity contribution < 1.29 is 9.53 Å². The standard InChI is InChI=1S/C17H28N2O2/c1-6-9-18-17(20)14(5)21-16-8-7-13(4)10-15(16)11-19-12(2)3/h7-8,10,12,14,19H,6,9,11H2,1-5H3,(H,18,20). The molecule has 0 fully saturated rings. The molecular formula is C17H28N2O2. The molecule has 0 heterocycles. The summed E-state index contributed by atoms with van der Waals surface area (Å²) >= 11 is 0. The first-order valence-electron chi connectivity index (χ1n) is 7.71. The minimum absolute atomic E-state index is 0.0693. The number of carbonyl (C=O) groups is 1. The van der Waals surface area contributed by atoms with Gasteiger partial charge in [-0.05, 0) is 26.3 Å². The van der Waals surface area contributed by atoms with Gasteiger partial charge >= 0.3 is 0 Å². The Morgan fingerprint density at radius 3 is 2.62 bits per heavy atom. The maximum atomic E-state index is 11.9. The third kappa shape index (κ3) is 6.17. The van der Waals surface area contributed by atoms with Crippen molar-refractivity contribution in [3.05, 3.63) is 29.3 Å². The number of carbonyl (C=O) groups excluding carboxylic acids is 1. The number of aryl methyl sites for hydroxylation is 1. The Morgan fingerprint density at radius 1 is 1.29 bits per heavy atom. The van der Waals surface area contributed by atoms with Crippen LogP contribution in [0.5, 0.6) is 5.75 Å². The fourth-order valence-corrected chi connectivity index (χ4v) is 1.91. The van der Waals surface area contributed by atoms with Gasteiger partial charge in [0.25, 0.3) is 5.91 Å². The van der Waals surface area contributed by atoms with Crippen LogP contribution in [-0.4, -0.2) is 24.6 Å². The molecule has 4 heteroatoms. The average Bonchev–Trinajstić information content (AvgIpc) is 2.44. The van der Waals surface area contributed by atoms with E-state index in [0.717, 1.165) is 24.3 Å². The zero-order chi connectivity index (χ0) is 15.8. The van der Waals surface area contributed by atoms with Gasteiger partial charge in [0.05, 0.1) is 0 Å². The molecule has 1 unspecified atom stereocenters. The fourth-order valence-electron chi connectivity index (χ4n) is 1.91. The molecular weight excluding hydrogens is 264 g/mol. The predicted molar refractivity (Wildman–Crippen MR) is 86.5 cm³/mol. The van der Waals surface area contributed by atoms with Crippen molar-refractivity contribution in [1.82, 2.24) is 10.6 Å². The van der Waals surface area contributed by atoms with Crippen molar-refractivity contribution in [3.8, 4) is 5.75 Å². The summed E-state index contributed by atoms with van der Waals surface area (Å²) in [5, 5.41) is 6.24. The average molecular weight is 292 g/mol. The van der Waals surface area contributed by atoms with E-state index in [2.05, 4.69) is 37.5 Å². The minimum Gasteiger partial charge on any atom is -0.481 e. The maximum absolute atomic E-state index is 11.9. The molecule has 2 N–H and O–H groups in total. The van der Waals surface area contributed by atoms with Crippen LogP contribution in [0.15, 0.2) is 18.2 Å². The van der Waals surface area contributed by atoms with Crippen LogP contribution in [0.25, 0.3) is 0 Å². The molecule has 0 aliphatic carbocycles. The third-order valence-corrected chi connectivity index (χ3v) is 3.14. The Balaban J connectivity index is 2.74. The highest BCUT2D eigenvalue weighted by atomic mass is 16.5. The van der Waals surface area contributed by atoms with E-state index in [9.17, 15) is 4.79 Å². The molecule has 0 spiro atoms. The van der Waals surface area contributed by atoms with Crippen LogP contribution in [0.3, 0.4) is 0 Å². The molecule has 0 radical (unpaired) electrons. The highest BCUT2D eigenvalue weighted by molar-refractivity contribution is 5.80. The van der Waals surface area contributed by atoms with Gasteiger partial charge in [-0.1, -0.05) is 38.5 Å². The molecule has 118 valence electrons. The second kappa shape index (κ2) is 8.67. The zero-order valence-corrected chi connectivity index (χ0v) is 13.8. The molecule has 0 aromatic heterocycles. The van der Waals surface area contributed by atoms with Gasteiger partial charge in [0.1, 0.15) is 5.75 Å². The third-order valence-electron chi connectivity index (χ3n) is 3.14. The maximum Gasteiger partial charge on any atom is 0.260 e. The van der Waals surface area contributed by atoms with Crippen molar-refractivity contribution in [2.45, 2.75) is 59.7 Å². The van der Waals surface area contributed by atoms with Gasteiger partial charge in [-0.2, -0.15) is 0 Å². The van der Waals surface area contributed by atoms with Gasteiger partial charge in [-0.15, -0.1) is 0 Å². The molecule has 0 aliphatic heterocycles. The topological polar surface area (TPSA) is 50.4 Å². The molecule has 0 aliphatic rings. The van der Waals surface area contributed by atoms with Crippen molar-refractivity contribution in [1.29, 1.82) is 0 Å². The van der Waals surface area contributed by atoms with E-state index in [1.807, 2.05) is 19.1 Å². The number of benzene rings is 1. The molecule has 1 rings (SSSR count). The largest absolute Gasteiger partial charge is 0.481 e. The molecule has 4 nitrogen and oxygen atoms in total. The number of rotatable bonds is 8. The lowest BCUT2D eigenvalue weighted by Crippen LogP contribution is -2.37. The highest BCUT2D eigenvalue weighted by Gasteiger charge is 2.15. The minimum atomic E-state index is -0.489. The molecule has 0 saturated carbocycles. The van der Waals surface area contributed by atoms with E-state index in [-0.39, 0.29) is 5.91 Å². The first-order chi connectivity index (χ1) is 9.93. The summed E-state index contributed by atoms with van der Waals surface area (Å²) < 4.78 is 5.84. The van der Waals surface area contributed by atoms with Gasteiger partial charge in [-0.25, -0.2) is 0 Å². The molecule has 1 atom stereocenters. The zero-order valence-electron chi connectivity index (χ0n) is 13.8. The summed E-state index contributed by atoms with van der Waals surface area (Å²) in [7, 11) is 0. The molecule has 0 bridgehead atoms. The Labute approximate surface area is 128 Å². The number of ether oxygens (including phenoxy) is 1. The van der Waals surface area contributed by atoms with Crippen LogP contribution in [0, 0.1) is 6.92 Å². The summed E-state index contributed by atoms with van der Waals surface area (Å²) in [6, 6.07) is 6.45. The van der Waals surface area contributed by atoms with Gasteiger partial charge < -0.3 is 15.4 Å². The van der Waals surface area contributed by atoms with Crippen molar-refractivity contribution in [2.24, 2.45) is 0 Å². The van der Waals surface area contributed by atoms with Gasteiger partial charge in [-0.3, -0.25) is 4.79 Å². The van der Waals surface area contributed by atoms with E-state index in [1.165, 1.54) is 5.56 Å². The smallest absolute Gasteiger partial charge is 0.260 e. The molecule has 21 heavy (non-hydrogen) atoms. The highest BCUT2D eigenvalue weighted by Crippen LogP contribution is 2.21. The lowest BCUT2D eigenvalue weighted by molar-refractivity contribution is -0.127. The van der Waals surface area contributed by atoms with Crippen molar-refractivity contribution >= 4 is 5.91 Å². The first-order valence-corrected chi connectivity index (χ1v) is 7.71. The fraction of sp³-hybridized carbons (Fsp3) is 0.588. The Morgan fingerprint density at radius 2 is 2.00 bits per heavy atom. The lowest BCUT2D eigenvalue weighted by Gasteiger charge is -2.18. The predicted octanol–water partition coefficient (Wildman–Crippen LogP) is 2.79. The Hall–Kier alpha value is -1.55.